The van der Waals surface area contributed by atoms with Crippen molar-refractivity contribution in [1.82, 2.24) is 9.80 Å². The Morgan fingerprint density at radius 2 is 2.10 bits per heavy atom. The van der Waals surface area contributed by atoms with Gasteiger partial charge in [0.15, 0.2) is 0 Å². The molecule has 120 valence electrons. The number of aliphatic hydroxyl groups is 1. The molecule has 3 rings (SSSR count). The van der Waals surface area contributed by atoms with Crippen LogP contribution in [0.1, 0.15) is 25.7 Å². The van der Waals surface area contributed by atoms with Gasteiger partial charge < -0.3 is 14.7 Å². The van der Waals surface area contributed by atoms with Gasteiger partial charge in [-0.2, -0.15) is 0 Å². The number of rotatable bonds is 5. The van der Waals surface area contributed by atoms with Gasteiger partial charge in [0.05, 0.1) is 19.3 Å². The molecule has 2 aliphatic carbocycles. The predicted molar refractivity (Wildman–Crippen MR) is 79.8 cm³/mol. The SMILES string of the molecule is CN(CC(O)CN1CCOCC1)C(=O)C1CC2CCC1C2. The lowest BCUT2D eigenvalue weighted by atomic mass is 9.88. The summed E-state index contributed by atoms with van der Waals surface area (Å²) in [4.78, 5) is 16.5. The maximum atomic E-state index is 12.5. The van der Waals surface area contributed by atoms with Gasteiger partial charge in [0.25, 0.3) is 0 Å². The minimum Gasteiger partial charge on any atom is -0.390 e. The molecule has 4 atom stereocenters. The Bertz CT molecular complexity index is 371. The normalized spacial score (nSPS) is 34.1. The van der Waals surface area contributed by atoms with Crippen LogP contribution in [0.4, 0.5) is 0 Å². The van der Waals surface area contributed by atoms with Gasteiger partial charge in [0.1, 0.15) is 0 Å². The first kappa shape index (κ1) is 15.3. The minimum atomic E-state index is -0.462. The summed E-state index contributed by atoms with van der Waals surface area (Å²) in [6.07, 6.45) is 4.41. The molecule has 1 amide bonds. The minimum absolute atomic E-state index is 0.226. The van der Waals surface area contributed by atoms with Crippen LogP contribution in [0.15, 0.2) is 0 Å². The average Bonchev–Trinajstić information content (AvgIpc) is 3.10. The zero-order chi connectivity index (χ0) is 14.8. The Kier molecular flexibility index (Phi) is 4.82. The van der Waals surface area contributed by atoms with Crippen molar-refractivity contribution in [2.75, 3.05) is 46.4 Å². The smallest absolute Gasteiger partial charge is 0.225 e. The molecule has 1 saturated heterocycles. The van der Waals surface area contributed by atoms with E-state index in [0.717, 1.165) is 38.6 Å². The van der Waals surface area contributed by atoms with Crippen molar-refractivity contribution in [2.45, 2.75) is 31.8 Å². The van der Waals surface area contributed by atoms with Gasteiger partial charge in [0.2, 0.25) is 5.91 Å². The Labute approximate surface area is 127 Å². The number of nitrogens with zero attached hydrogens (tertiary/aromatic N) is 2. The molecule has 21 heavy (non-hydrogen) atoms. The van der Waals surface area contributed by atoms with E-state index in [9.17, 15) is 9.90 Å². The van der Waals surface area contributed by atoms with E-state index in [1.165, 1.54) is 19.3 Å². The van der Waals surface area contributed by atoms with E-state index in [-0.39, 0.29) is 11.8 Å². The van der Waals surface area contributed by atoms with E-state index < -0.39 is 6.10 Å². The summed E-state index contributed by atoms with van der Waals surface area (Å²) in [6, 6.07) is 0. The van der Waals surface area contributed by atoms with Crippen LogP contribution in [0, 0.1) is 17.8 Å². The van der Waals surface area contributed by atoms with E-state index in [1.54, 1.807) is 4.90 Å². The molecule has 3 fully saturated rings. The number of carbonyl (C=O) groups excluding carboxylic acids is 1. The molecule has 0 radical (unpaired) electrons. The first-order chi connectivity index (χ1) is 10.1. The number of likely N-dealkylation sites (N-methyl/N-ethyl adjacent to an activating group) is 1. The van der Waals surface area contributed by atoms with Crippen molar-refractivity contribution in [3.8, 4) is 0 Å². The standard InChI is InChI=1S/C16H28N2O3/c1-17(10-14(19)11-18-4-6-21-7-5-18)16(20)15-9-12-2-3-13(15)8-12/h12-15,19H,2-11H2,1H3. The quantitative estimate of drug-likeness (QED) is 0.806. The highest BCUT2D eigenvalue weighted by molar-refractivity contribution is 5.79. The van der Waals surface area contributed by atoms with Gasteiger partial charge in [0, 0.05) is 39.1 Å². The van der Waals surface area contributed by atoms with Gasteiger partial charge in [-0.25, -0.2) is 0 Å². The zero-order valence-corrected chi connectivity index (χ0v) is 13.0. The molecule has 1 aliphatic heterocycles. The molecule has 4 unspecified atom stereocenters. The monoisotopic (exact) mass is 296 g/mol. The lowest BCUT2D eigenvalue weighted by Gasteiger charge is -2.31. The zero-order valence-electron chi connectivity index (χ0n) is 13.0. The molecular weight excluding hydrogens is 268 g/mol. The third kappa shape index (κ3) is 3.58. The second-order valence-corrected chi connectivity index (χ2v) is 7.07. The van der Waals surface area contributed by atoms with Crippen molar-refractivity contribution in [1.29, 1.82) is 0 Å². The van der Waals surface area contributed by atoms with Crippen molar-refractivity contribution in [3.63, 3.8) is 0 Å². The topological polar surface area (TPSA) is 53.0 Å². The summed E-state index contributed by atoms with van der Waals surface area (Å²) in [7, 11) is 1.84. The fraction of sp³-hybridized carbons (Fsp3) is 0.938. The molecule has 0 aromatic heterocycles. The van der Waals surface area contributed by atoms with Crippen LogP contribution >= 0.6 is 0 Å². The maximum absolute atomic E-state index is 12.5. The van der Waals surface area contributed by atoms with Gasteiger partial charge in [-0.3, -0.25) is 9.69 Å². The fourth-order valence-corrected chi connectivity index (χ4v) is 4.38. The molecule has 0 aromatic carbocycles. The number of hydrogen-bond donors (Lipinski definition) is 1. The highest BCUT2D eigenvalue weighted by Crippen LogP contribution is 2.48. The Hall–Kier alpha value is -0.650. The van der Waals surface area contributed by atoms with E-state index >= 15 is 0 Å². The summed E-state index contributed by atoms with van der Waals surface area (Å²) in [5.74, 6) is 1.88. The maximum Gasteiger partial charge on any atom is 0.225 e. The summed E-state index contributed by atoms with van der Waals surface area (Å²) in [6.45, 7) is 4.32. The van der Waals surface area contributed by atoms with Crippen LogP contribution in [0.25, 0.3) is 0 Å². The van der Waals surface area contributed by atoms with Gasteiger partial charge >= 0.3 is 0 Å². The molecule has 3 aliphatic rings. The number of amides is 1. The Morgan fingerprint density at radius 3 is 2.71 bits per heavy atom. The second-order valence-electron chi connectivity index (χ2n) is 7.07. The number of carbonyl (C=O) groups is 1. The van der Waals surface area contributed by atoms with E-state index in [4.69, 9.17) is 4.74 Å². The average molecular weight is 296 g/mol. The fourth-order valence-electron chi connectivity index (χ4n) is 4.38. The molecule has 1 N–H and O–H groups in total. The molecule has 2 saturated carbocycles. The third-order valence-electron chi connectivity index (χ3n) is 5.49. The number of morpholine rings is 1. The molecule has 0 spiro atoms. The van der Waals surface area contributed by atoms with Crippen molar-refractivity contribution >= 4 is 5.91 Å². The summed E-state index contributed by atoms with van der Waals surface area (Å²) in [5.41, 5.74) is 0. The van der Waals surface area contributed by atoms with E-state index in [2.05, 4.69) is 4.90 Å². The lowest BCUT2D eigenvalue weighted by molar-refractivity contribution is -0.137. The van der Waals surface area contributed by atoms with Crippen LogP contribution in [-0.4, -0.2) is 73.4 Å². The number of β-amino-alcohol motifs (C(OH)–C–C–N with tert-alkyl or cyclic N) is 1. The molecular formula is C16H28N2O3. The van der Waals surface area contributed by atoms with E-state index in [0.29, 0.717) is 19.0 Å². The first-order valence-corrected chi connectivity index (χ1v) is 8.36. The number of ether oxygens (including phenoxy) is 1. The number of hydrogen-bond acceptors (Lipinski definition) is 4. The summed E-state index contributed by atoms with van der Waals surface area (Å²) < 4.78 is 5.31. The second kappa shape index (κ2) is 6.63. The largest absolute Gasteiger partial charge is 0.390 e. The van der Waals surface area contributed by atoms with Crippen LogP contribution < -0.4 is 0 Å². The molecule has 2 bridgehead atoms. The van der Waals surface area contributed by atoms with Crippen LogP contribution in [-0.2, 0) is 9.53 Å². The molecule has 1 heterocycles. The van der Waals surface area contributed by atoms with Crippen molar-refractivity contribution in [3.05, 3.63) is 0 Å². The number of aliphatic hydroxyl groups excluding tert-OH is 1. The van der Waals surface area contributed by atoms with Crippen LogP contribution in [0.5, 0.6) is 0 Å². The highest BCUT2D eigenvalue weighted by Gasteiger charge is 2.44. The van der Waals surface area contributed by atoms with Gasteiger partial charge in [-0.05, 0) is 31.1 Å². The third-order valence-corrected chi connectivity index (χ3v) is 5.49. The van der Waals surface area contributed by atoms with Crippen LogP contribution in [0.3, 0.4) is 0 Å². The Balaban J connectivity index is 1.44. The van der Waals surface area contributed by atoms with Crippen molar-refractivity contribution < 1.29 is 14.6 Å². The summed E-state index contributed by atoms with van der Waals surface area (Å²) >= 11 is 0. The number of fused-ring (bicyclic) bond motifs is 2. The van der Waals surface area contributed by atoms with Gasteiger partial charge in [-0.1, -0.05) is 6.42 Å². The predicted octanol–water partition coefficient (Wildman–Crippen LogP) is 0.574. The highest BCUT2D eigenvalue weighted by atomic mass is 16.5. The van der Waals surface area contributed by atoms with Gasteiger partial charge in [-0.15, -0.1) is 0 Å². The Morgan fingerprint density at radius 1 is 1.33 bits per heavy atom. The summed E-state index contributed by atoms with van der Waals surface area (Å²) in [5, 5.41) is 10.2. The molecule has 5 heteroatoms. The molecule has 5 nitrogen and oxygen atoms in total. The van der Waals surface area contributed by atoms with Crippen molar-refractivity contribution in [2.24, 2.45) is 17.8 Å². The van der Waals surface area contributed by atoms with Crippen LogP contribution in [0.2, 0.25) is 0 Å². The molecule has 0 aromatic rings. The lowest BCUT2D eigenvalue weighted by Crippen LogP contribution is -2.46. The first-order valence-electron chi connectivity index (χ1n) is 8.36. The van der Waals surface area contributed by atoms with E-state index in [1.807, 2.05) is 7.05 Å².